The van der Waals surface area contributed by atoms with Gasteiger partial charge in [-0.2, -0.15) is 0 Å². The largest absolute Gasteiger partial charge is 0.385 e. The summed E-state index contributed by atoms with van der Waals surface area (Å²) in [4.78, 5) is 4.48. The SMILES string of the molecule is CCNc1ccnc2c(CCOC)cccc12. The Morgan fingerprint density at radius 1 is 1.29 bits per heavy atom. The molecule has 1 aromatic carbocycles. The fraction of sp³-hybridized carbons (Fsp3) is 0.357. The van der Waals surface area contributed by atoms with E-state index in [4.69, 9.17) is 4.74 Å². The second kappa shape index (κ2) is 5.64. The van der Waals surface area contributed by atoms with Crippen molar-refractivity contribution < 1.29 is 4.74 Å². The molecule has 0 fully saturated rings. The van der Waals surface area contributed by atoms with Crippen LogP contribution < -0.4 is 5.32 Å². The van der Waals surface area contributed by atoms with Crippen molar-refractivity contribution >= 4 is 16.6 Å². The minimum Gasteiger partial charge on any atom is -0.385 e. The minimum absolute atomic E-state index is 0.728. The van der Waals surface area contributed by atoms with Crippen LogP contribution in [0.25, 0.3) is 10.9 Å². The van der Waals surface area contributed by atoms with Gasteiger partial charge >= 0.3 is 0 Å². The molecule has 0 aliphatic rings. The summed E-state index contributed by atoms with van der Waals surface area (Å²) >= 11 is 0. The molecular weight excluding hydrogens is 212 g/mol. The molecule has 0 bridgehead atoms. The lowest BCUT2D eigenvalue weighted by molar-refractivity contribution is 0.202. The zero-order valence-electron chi connectivity index (χ0n) is 10.4. The van der Waals surface area contributed by atoms with Crippen LogP contribution in [0.3, 0.4) is 0 Å². The van der Waals surface area contributed by atoms with E-state index in [1.165, 1.54) is 10.9 Å². The van der Waals surface area contributed by atoms with Crippen LogP contribution in [0.2, 0.25) is 0 Å². The average molecular weight is 230 g/mol. The molecule has 0 aliphatic carbocycles. The molecule has 3 heteroatoms. The van der Waals surface area contributed by atoms with Gasteiger partial charge < -0.3 is 10.1 Å². The molecule has 0 amide bonds. The van der Waals surface area contributed by atoms with Crippen molar-refractivity contribution in [1.82, 2.24) is 4.98 Å². The first-order valence-electron chi connectivity index (χ1n) is 5.96. The molecule has 0 saturated heterocycles. The van der Waals surface area contributed by atoms with Gasteiger partial charge in [-0.25, -0.2) is 0 Å². The van der Waals surface area contributed by atoms with E-state index in [1.807, 2.05) is 12.3 Å². The quantitative estimate of drug-likeness (QED) is 0.857. The lowest BCUT2D eigenvalue weighted by atomic mass is 10.1. The van der Waals surface area contributed by atoms with Gasteiger partial charge in [0.1, 0.15) is 0 Å². The third-order valence-electron chi connectivity index (χ3n) is 2.80. The molecule has 1 N–H and O–H groups in total. The predicted molar refractivity (Wildman–Crippen MR) is 71.5 cm³/mol. The van der Waals surface area contributed by atoms with Crippen molar-refractivity contribution in [3.63, 3.8) is 0 Å². The number of rotatable bonds is 5. The summed E-state index contributed by atoms with van der Waals surface area (Å²) in [5.74, 6) is 0. The zero-order valence-corrected chi connectivity index (χ0v) is 10.4. The lowest BCUT2D eigenvalue weighted by Gasteiger charge is -2.10. The van der Waals surface area contributed by atoms with E-state index in [0.29, 0.717) is 0 Å². The number of ether oxygens (including phenoxy) is 1. The molecule has 90 valence electrons. The topological polar surface area (TPSA) is 34.2 Å². The predicted octanol–water partition coefficient (Wildman–Crippen LogP) is 2.86. The number of nitrogens with one attached hydrogen (secondary N) is 1. The van der Waals surface area contributed by atoms with E-state index >= 15 is 0 Å². The first-order chi connectivity index (χ1) is 8.36. The molecule has 1 aromatic heterocycles. The van der Waals surface area contributed by atoms with Crippen LogP contribution in [0, 0.1) is 0 Å². The molecule has 0 radical (unpaired) electrons. The van der Waals surface area contributed by atoms with Gasteiger partial charge in [0.05, 0.1) is 12.1 Å². The van der Waals surface area contributed by atoms with Crippen molar-refractivity contribution in [3.8, 4) is 0 Å². The Balaban J connectivity index is 2.45. The molecule has 0 atom stereocenters. The van der Waals surface area contributed by atoms with Gasteiger partial charge in [0.25, 0.3) is 0 Å². The molecule has 0 unspecified atom stereocenters. The molecule has 17 heavy (non-hydrogen) atoms. The first kappa shape index (κ1) is 11.9. The Labute approximate surface area is 102 Å². The summed E-state index contributed by atoms with van der Waals surface area (Å²) in [6, 6.07) is 8.32. The van der Waals surface area contributed by atoms with Crippen LogP contribution in [0.5, 0.6) is 0 Å². The second-order valence-electron chi connectivity index (χ2n) is 3.94. The van der Waals surface area contributed by atoms with E-state index in [1.54, 1.807) is 7.11 Å². The highest BCUT2D eigenvalue weighted by Gasteiger charge is 2.05. The molecule has 0 aliphatic heterocycles. The van der Waals surface area contributed by atoms with Crippen molar-refractivity contribution in [2.45, 2.75) is 13.3 Å². The van der Waals surface area contributed by atoms with Crippen LogP contribution in [0.1, 0.15) is 12.5 Å². The Hall–Kier alpha value is -1.61. The summed E-state index contributed by atoms with van der Waals surface area (Å²) in [5, 5.41) is 4.55. The Kier molecular flexibility index (Phi) is 3.94. The van der Waals surface area contributed by atoms with Crippen molar-refractivity contribution in [2.24, 2.45) is 0 Å². The van der Waals surface area contributed by atoms with Crippen molar-refractivity contribution in [2.75, 3.05) is 25.6 Å². The summed E-state index contributed by atoms with van der Waals surface area (Å²) in [6.45, 7) is 3.74. The van der Waals surface area contributed by atoms with E-state index in [0.717, 1.165) is 30.8 Å². The Morgan fingerprint density at radius 3 is 2.94 bits per heavy atom. The number of anilines is 1. The summed E-state index contributed by atoms with van der Waals surface area (Å²) in [6.07, 6.45) is 2.76. The van der Waals surface area contributed by atoms with Gasteiger partial charge in [-0.15, -0.1) is 0 Å². The fourth-order valence-electron chi connectivity index (χ4n) is 2.00. The van der Waals surface area contributed by atoms with E-state index < -0.39 is 0 Å². The van der Waals surface area contributed by atoms with Crippen LogP contribution >= 0.6 is 0 Å². The third kappa shape index (κ3) is 2.56. The third-order valence-corrected chi connectivity index (χ3v) is 2.80. The normalized spacial score (nSPS) is 10.7. The summed E-state index contributed by atoms with van der Waals surface area (Å²) < 4.78 is 5.13. The number of methoxy groups -OCH3 is 1. The van der Waals surface area contributed by atoms with Crippen molar-refractivity contribution in [1.29, 1.82) is 0 Å². The number of nitrogens with zero attached hydrogens (tertiary/aromatic N) is 1. The number of hydrogen-bond donors (Lipinski definition) is 1. The van der Waals surface area contributed by atoms with Gasteiger partial charge in [-0.1, -0.05) is 18.2 Å². The number of benzene rings is 1. The van der Waals surface area contributed by atoms with Gasteiger partial charge in [-0.3, -0.25) is 4.98 Å². The molecule has 2 rings (SSSR count). The fourth-order valence-corrected chi connectivity index (χ4v) is 2.00. The highest BCUT2D eigenvalue weighted by molar-refractivity contribution is 5.92. The molecular formula is C14H18N2O. The number of pyridine rings is 1. The molecule has 0 saturated carbocycles. The highest BCUT2D eigenvalue weighted by Crippen LogP contribution is 2.24. The first-order valence-corrected chi connectivity index (χ1v) is 5.96. The monoisotopic (exact) mass is 230 g/mol. The van der Waals surface area contributed by atoms with Gasteiger partial charge in [0.15, 0.2) is 0 Å². The van der Waals surface area contributed by atoms with Gasteiger partial charge in [0.2, 0.25) is 0 Å². The Morgan fingerprint density at radius 2 is 2.18 bits per heavy atom. The van der Waals surface area contributed by atoms with E-state index in [-0.39, 0.29) is 0 Å². The lowest BCUT2D eigenvalue weighted by Crippen LogP contribution is -2.00. The maximum atomic E-state index is 5.13. The number of para-hydroxylation sites is 1. The van der Waals surface area contributed by atoms with E-state index in [2.05, 4.69) is 35.4 Å². The van der Waals surface area contributed by atoms with Crippen LogP contribution in [0.4, 0.5) is 5.69 Å². The van der Waals surface area contributed by atoms with Gasteiger partial charge in [-0.05, 0) is 25.0 Å². The molecule has 0 spiro atoms. The highest BCUT2D eigenvalue weighted by atomic mass is 16.5. The van der Waals surface area contributed by atoms with E-state index in [9.17, 15) is 0 Å². The van der Waals surface area contributed by atoms with Crippen molar-refractivity contribution in [3.05, 3.63) is 36.0 Å². The summed E-state index contributed by atoms with van der Waals surface area (Å²) in [5.41, 5.74) is 3.46. The van der Waals surface area contributed by atoms with Crippen LogP contribution in [-0.2, 0) is 11.2 Å². The average Bonchev–Trinajstić information content (AvgIpc) is 2.37. The summed E-state index contributed by atoms with van der Waals surface area (Å²) in [7, 11) is 1.72. The smallest absolute Gasteiger partial charge is 0.0755 e. The number of hydrogen-bond acceptors (Lipinski definition) is 3. The maximum absolute atomic E-state index is 5.13. The van der Waals surface area contributed by atoms with Crippen LogP contribution in [-0.4, -0.2) is 25.2 Å². The number of aromatic nitrogens is 1. The van der Waals surface area contributed by atoms with Crippen LogP contribution in [0.15, 0.2) is 30.5 Å². The molecule has 2 aromatic rings. The zero-order chi connectivity index (χ0) is 12.1. The molecule has 1 heterocycles. The molecule has 3 nitrogen and oxygen atoms in total. The standard InChI is InChI=1S/C14H18N2O/c1-3-15-13-7-9-16-14-11(8-10-17-2)5-4-6-12(13)14/h4-7,9H,3,8,10H2,1-2H3,(H,15,16). The second-order valence-corrected chi connectivity index (χ2v) is 3.94. The maximum Gasteiger partial charge on any atom is 0.0755 e. The van der Waals surface area contributed by atoms with Gasteiger partial charge in [0, 0.05) is 30.9 Å². The minimum atomic E-state index is 0.728. The number of fused-ring (bicyclic) bond motifs is 1. The Bertz CT molecular complexity index is 497.